The van der Waals surface area contributed by atoms with Crippen LogP contribution >= 0.6 is 11.3 Å². The van der Waals surface area contributed by atoms with Gasteiger partial charge in [-0.15, -0.1) is 11.3 Å². The lowest BCUT2D eigenvalue weighted by Gasteiger charge is -2.27. The molecule has 0 bridgehead atoms. The number of benzene rings is 2. The molecule has 0 aliphatic carbocycles. The molecule has 2 aromatic carbocycles. The van der Waals surface area contributed by atoms with Crippen molar-refractivity contribution >= 4 is 31.5 Å². The number of rotatable bonds is 1. The number of hydrogen-bond acceptors (Lipinski definition) is 3. The first-order valence-corrected chi connectivity index (χ1v) is 8.72. The Hall–Kier alpha value is -1.77. The van der Waals surface area contributed by atoms with Crippen LogP contribution in [0.1, 0.15) is 24.3 Å². The number of alkyl halides is 3. The average Bonchev–Trinajstić information content (AvgIpc) is 2.96. The standard InChI is InChI=1S/C18H13F5O2S/c1-8-6-24-17(25-7-8)11-3-2-9-10-4-5-12(18(21,22)23)14(20)16(10)26-15(9)13(11)19/h2-5,8,17H,6-7H2,1H3. The van der Waals surface area contributed by atoms with Gasteiger partial charge in [-0.3, -0.25) is 0 Å². The van der Waals surface area contributed by atoms with E-state index in [-0.39, 0.29) is 26.3 Å². The van der Waals surface area contributed by atoms with E-state index in [9.17, 15) is 22.0 Å². The van der Waals surface area contributed by atoms with Crippen molar-refractivity contribution in [2.75, 3.05) is 13.2 Å². The van der Waals surface area contributed by atoms with Crippen LogP contribution in [0.5, 0.6) is 0 Å². The average molecular weight is 388 g/mol. The molecule has 4 rings (SSSR count). The smallest absolute Gasteiger partial charge is 0.348 e. The van der Waals surface area contributed by atoms with Crippen LogP contribution in [0.25, 0.3) is 20.2 Å². The maximum Gasteiger partial charge on any atom is 0.419 e. The fraction of sp³-hybridized carbons (Fsp3) is 0.333. The van der Waals surface area contributed by atoms with Crippen molar-refractivity contribution in [2.45, 2.75) is 19.4 Å². The Morgan fingerprint density at radius 1 is 0.923 bits per heavy atom. The highest BCUT2D eigenvalue weighted by atomic mass is 32.1. The normalized spacial score (nSPS) is 21.6. The van der Waals surface area contributed by atoms with E-state index in [2.05, 4.69) is 0 Å². The largest absolute Gasteiger partial charge is 0.419 e. The molecular weight excluding hydrogens is 375 g/mol. The van der Waals surface area contributed by atoms with E-state index in [1.54, 1.807) is 6.07 Å². The minimum atomic E-state index is -4.81. The number of ether oxygens (including phenoxy) is 2. The second-order valence-electron chi connectivity index (χ2n) is 6.35. The highest BCUT2D eigenvalue weighted by Crippen LogP contribution is 2.43. The lowest BCUT2D eigenvalue weighted by Crippen LogP contribution is -2.25. The zero-order chi connectivity index (χ0) is 18.6. The van der Waals surface area contributed by atoms with Crippen molar-refractivity contribution in [3.8, 4) is 0 Å². The Morgan fingerprint density at radius 2 is 1.50 bits per heavy atom. The van der Waals surface area contributed by atoms with Crippen LogP contribution in [0.4, 0.5) is 22.0 Å². The van der Waals surface area contributed by atoms with E-state index in [0.29, 0.717) is 36.0 Å². The topological polar surface area (TPSA) is 18.5 Å². The van der Waals surface area contributed by atoms with Crippen LogP contribution in [0.3, 0.4) is 0 Å². The summed E-state index contributed by atoms with van der Waals surface area (Å²) in [5, 5.41) is 0.614. The van der Waals surface area contributed by atoms with E-state index in [1.807, 2.05) is 6.92 Å². The van der Waals surface area contributed by atoms with Crippen molar-refractivity contribution in [3.05, 3.63) is 47.0 Å². The molecule has 0 saturated carbocycles. The molecule has 2 heterocycles. The summed E-state index contributed by atoms with van der Waals surface area (Å²) in [6.07, 6.45) is -5.69. The minimum absolute atomic E-state index is 0.0848. The zero-order valence-corrected chi connectivity index (χ0v) is 14.3. The van der Waals surface area contributed by atoms with Crippen LogP contribution in [0.15, 0.2) is 24.3 Å². The third-order valence-corrected chi connectivity index (χ3v) is 5.55. The lowest BCUT2D eigenvalue weighted by molar-refractivity contribution is -0.203. The summed E-state index contributed by atoms with van der Waals surface area (Å²) < 4.78 is 78.9. The van der Waals surface area contributed by atoms with Crippen LogP contribution in [-0.2, 0) is 15.7 Å². The summed E-state index contributed by atoms with van der Waals surface area (Å²) >= 11 is 0.663. The summed E-state index contributed by atoms with van der Waals surface area (Å²) in [4.78, 5) is 0. The van der Waals surface area contributed by atoms with Gasteiger partial charge in [0.1, 0.15) is 5.82 Å². The van der Waals surface area contributed by atoms with Gasteiger partial charge in [0.05, 0.1) is 28.2 Å². The van der Waals surface area contributed by atoms with Crippen LogP contribution in [-0.4, -0.2) is 13.2 Å². The maximum atomic E-state index is 15.0. The summed E-state index contributed by atoms with van der Waals surface area (Å²) in [6.45, 7) is 2.76. The molecule has 1 fully saturated rings. The second-order valence-corrected chi connectivity index (χ2v) is 7.37. The monoisotopic (exact) mass is 388 g/mol. The van der Waals surface area contributed by atoms with E-state index >= 15 is 0 Å². The van der Waals surface area contributed by atoms with E-state index in [0.717, 1.165) is 0 Å². The molecule has 0 amide bonds. The van der Waals surface area contributed by atoms with Gasteiger partial charge in [-0.25, -0.2) is 8.78 Å². The van der Waals surface area contributed by atoms with E-state index < -0.39 is 29.7 Å². The number of hydrogen-bond donors (Lipinski definition) is 0. The minimum Gasteiger partial charge on any atom is -0.348 e. The molecule has 1 aliphatic heterocycles. The van der Waals surface area contributed by atoms with Gasteiger partial charge >= 0.3 is 6.18 Å². The van der Waals surface area contributed by atoms with Gasteiger partial charge < -0.3 is 9.47 Å². The fourth-order valence-corrected chi connectivity index (χ4v) is 4.22. The summed E-state index contributed by atoms with van der Waals surface area (Å²) in [5.74, 6) is -1.84. The highest BCUT2D eigenvalue weighted by molar-refractivity contribution is 7.25. The van der Waals surface area contributed by atoms with Gasteiger partial charge in [-0.2, -0.15) is 13.2 Å². The number of halogens is 5. The molecule has 138 valence electrons. The van der Waals surface area contributed by atoms with Crippen LogP contribution < -0.4 is 0 Å². The lowest BCUT2D eigenvalue weighted by atomic mass is 10.1. The van der Waals surface area contributed by atoms with Crippen molar-refractivity contribution < 1.29 is 31.4 Å². The SMILES string of the molecule is CC1COC(c2ccc3c(sc4c(F)c(C(F)(F)F)ccc43)c2F)OC1. The van der Waals surface area contributed by atoms with Gasteiger partial charge in [0.2, 0.25) is 0 Å². The molecule has 2 nitrogen and oxygen atoms in total. The second kappa shape index (κ2) is 6.14. The van der Waals surface area contributed by atoms with Gasteiger partial charge in [-0.1, -0.05) is 25.1 Å². The Labute approximate surface area is 149 Å². The molecule has 0 radical (unpaired) electrons. The van der Waals surface area contributed by atoms with Crippen molar-refractivity contribution in [3.63, 3.8) is 0 Å². The molecule has 1 aliphatic rings. The van der Waals surface area contributed by atoms with Gasteiger partial charge in [0, 0.05) is 22.3 Å². The Morgan fingerprint density at radius 3 is 2.12 bits per heavy atom. The van der Waals surface area contributed by atoms with Crippen molar-refractivity contribution in [2.24, 2.45) is 5.92 Å². The van der Waals surface area contributed by atoms with E-state index in [1.165, 1.54) is 12.1 Å². The van der Waals surface area contributed by atoms with Crippen LogP contribution in [0.2, 0.25) is 0 Å². The van der Waals surface area contributed by atoms with Gasteiger partial charge in [0.15, 0.2) is 12.1 Å². The first-order chi connectivity index (χ1) is 12.3. The molecule has 1 aromatic heterocycles. The fourth-order valence-electron chi connectivity index (χ4n) is 3.03. The Bertz CT molecular complexity index is 987. The molecule has 0 unspecified atom stereocenters. The van der Waals surface area contributed by atoms with Crippen molar-refractivity contribution in [1.29, 1.82) is 0 Å². The van der Waals surface area contributed by atoms with Crippen molar-refractivity contribution in [1.82, 2.24) is 0 Å². The van der Waals surface area contributed by atoms with Gasteiger partial charge in [0.25, 0.3) is 0 Å². The molecular formula is C18H13F5O2S. The predicted molar refractivity (Wildman–Crippen MR) is 88.1 cm³/mol. The van der Waals surface area contributed by atoms with Crippen LogP contribution in [0, 0.1) is 17.6 Å². The molecule has 0 atom stereocenters. The van der Waals surface area contributed by atoms with E-state index in [4.69, 9.17) is 9.47 Å². The predicted octanol–water partition coefficient (Wildman–Crippen LogP) is 6.03. The quantitative estimate of drug-likeness (QED) is 0.474. The molecule has 26 heavy (non-hydrogen) atoms. The first kappa shape index (κ1) is 17.6. The summed E-state index contributed by atoms with van der Waals surface area (Å²) in [7, 11) is 0. The zero-order valence-electron chi connectivity index (χ0n) is 13.5. The molecule has 3 aromatic rings. The number of fused-ring (bicyclic) bond motifs is 3. The molecule has 0 N–H and O–H groups in total. The molecule has 8 heteroatoms. The molecule has 1 saturated heterocycles. The Kier molecular flexibility index (Phi) is 4.17. The summed E-state index contributed by atoms with van der Waals surface area (Å²) in [6, 6.07) is 4.89. The first-order valence-electron chi connectivity index (χ1n) is 7.91. The molecule has 0 spiro atoms. The maximum absolute atomic E-state index is 15.0. The number of thiophene rings is 1. The Balaban J connectivity index is 1.87. The third kappa shape index (κ3) is 2.76. The highest BCUT2D eigenvalue weighted by Gasteiger charge is 2.35. The third-order valence-electron chi connectivity index (χ3n) is 4.34. The summed E-state index contributed by atoms with van der Waals surface area (Å²) in [5.41, 5.74) is -1.20. The van der Waals surface area contributed by atoms with Gasteiger partial charge in [-0.05, 0) is 6.07 Å².